The van der Waals surface area contributed by atoms with Crippen LogP contribution in [-0.2, 0) is 6.42 Å². The van der Waals surface area contributed by atoms with Gasteiger partial charge in [0.2, 0.25) is 0 Å². The van der Waals surface area contributed by atoms with Crippen LogP contribution in [0.25, 0.3) is 0 Å². The molecule has 1 heteroatoms. The fourth-order valence-corrected chi connectivity index (χ4v) is 3.03. The molecule has 1 nitrogen and oxygen atoms in total. The van der Waals surface area contributed by atoms with Gasteiger partial charge in [0.1, 0.15) is 0 Å². The van der Waals surface area contributed by atoms with Crippen molar-refractivity contribution in [3.63, 3.8) is 0 Å². The summed E-state index contributed by atoms with van der Waals surface area (Å²) in [4.78, 5) is 0. The molecule has 1 saturated carbocycles. The topological polar surface area (TPSA) is 12.0 Å². The molecule has 0 amide bonds. The zero-order valence-electron chi connectivity index (χ0n) is 12.8. The van der Waals surface area contributed by atoms with Gasteiger partial charge in [0.25, 0.3) is 0 Å². The Balaban J connectivity index is 1.79. The summed E-state index contributed by atoms with van der Waals surface area (Å²) in [7, 11) is 0. The molecule has 0 aliphatic heterocycles. The second kappa shape index (κ2) is 7.09. The van der Waals surface area contributed by atoms with Gasteiger partial charge < -0.3 is 5.32 Å². The highest BCUT2D eigenvalue weighted by molar-refractivity contribution is 5.32. The monoisotopic (exact) mass is 259 g/mol. The van der Waals surface area contributed by atoms with Gasteiger partial charge in [-0.1, -0.05) is 44.9 Å². The zero-order valence-corrected chi connectivity index (χ0v) is 12.8. The SMILES string of the molecule is Cc1ccc(C(C)C)cc1CCCNC1CCCC1. The van der Waals surface area contributed by atoms with E-state index in [1.54, 1.807) is 5.56 Å². The standard InChI is InChI=1S/C18H29N/c1-14(2)16-11-10-15(3)17(13-16)7-6-12-19-18-8-4-5-9-18/h10-11,13-14,18-19H,4-9,12H2,1-3H3. The lowest BCUT2D eigenvalue weighted by Crippen LogP contribution is -2.27. The van der Waals surface area contributed by atoms with E-state index in [1.165, 1.54) is 56.2 Å². The Bertz CT molecular complexity index is 389. The van der Waals surface area contributed by atoms with Crippen LogP contribution in [0.15, 0.2) is 18.2 Å². The van der Waals surface area contributed by atoms with E-state index < -0.39 is 0 Å². The molecule has 1 aliphatic rings. The maximum absolute atomic E-state index is 3.71. The summed E-state index contributed by atoms with van der Waals surface area (Å²) < 4.78 is 0. The first-order chi connectivity index (χ1) is 9.16. The lowest BCUT2D eigenvalue weighted by molar-refractivity contribution is 0.515. The molecule has 0 heterocycles. The number of aryl methyl sites for hydroxylation is 2. The lowest BCUT2D eigenvalue weighted by Gasteiger charge is -2.13. The van der Waals surface area contributed by atoms with E-state index in [2.05, 4.69) is 44.3 Å². The van der Waals surface area contributed by atoms with Crippen LogP contribution in [0.3, 0.4) is 0 Å². The van der Waals surface area contributed by atoms with Crippen molar-refractivity contribution >= 4 is 0 Å². The molecule has 0 aromatic heterocycles. The molecule has 0 saturated heterocycles. The predicted octanol–water partition coefficient (Wildman–Crippen LogP) is 4.58. The Morgan fingerprint density at radius 1 is 1.21 bits per heavy atom. The minimum atomic E-state index is 0.635. The van der Waals surface area contributed by atoms with Crippen LogP contribution >= 0.6 is 0 Å². The molecule has 1 aromatic carbocycles. The number of rotatable bonds is 6. The minimum Gasteiger partial charge on any atom is -0.314 e. The highest BCUT2D eigenvalue weighted by Crippen LogP contribution is 2.20. The largest absolute Gasteiger partial charge is 0.314 e. The molecule has 0 radical (unpaired) electrons. The second-order valence-corrected chi connectivity index (χ2v) is 6.38. The molecular weight excluding hydrogens is 230 g/mol. The van der Waals surface area contributed by atoms with E-state index in [9.17, 15) is 0 Å². The Morgan fingerprint density at radius 2 is 1.95 bits per heavy atom. The van der Waals surface area contributed by atoms with Crippen molar-refractivity contribution in [2.24, 2.45) is 0 Å². The predicted molar refractivity (Wildman–Crippen MR) is 83.8 cm³/mol. The fourth-order valence-electron chi connectivity index (χ4n) is 3.03. The fraction of sp³-hybridized carbons (Fsp3) is 0.667. The molecular formula is C18H29N. The number of nitrogens with one attached hydrogen (secondary N) is 1. The van der Waals surface area contributed by atoms with E-state index in [0.29, 0.717) is 5.92 Å². The summed E-state index contributed by atoms with van der Waals surface area (Å²) in [6.07, 6.45) is 8.11. The summed E-state index contributed by atoms with van der Waals surface area (Å²) in [5.74, 6) is 0.635. The van der Waals surface area contributed by atoms with Crippen LogP contribution in [0.1, 0.15) is 68.6 Å². The van der Waals surface area contributed by atoms with E-state index in [4.69, 9.17) is 0 Å². The van der Waals surface area contributed by atoms with E-state index in [1.807, 2.05) is 0 Å². The quantitative estimate of drug-likeness (QED) is 0.737. The molecule has 1 aromatic rings. The number of benzene rings is 1. The molecule has 0 unspecified atom stereocenters. The van der Waals surface area contributed by atoms with Crippen LogP contribution in [0.4, 0.5) is 0 Å². The third kappa shape index (κ3) is 4.35. The first kappa shape index (κ1) is 14.6. The van der Waals surface area contributed by atoms with Gasteiger partial charge >= 0.3 is 0 Å². The molecule has 0 bridgehead atoms. The van der Waals surface area contributed by atoms with Gasteiger partial charge in [-0.15, -0.1) is 0 Å². The molecule has 106 valence electrons. The summed E-state index contributed by atoms with van der Waals surface area (Å²) >= 11 is 0. The molecule has 1 N–H and O–H groups in total. The normalized spacial score (nSPS) is 16.4. The Labute approximate surface area is 118 Å². The van der Waals surface area contributed by atoms with Gasteiger partial charge in [-0.3, -0.25) is 0 Å². The van der Waals surface area contributed by atoms with Crippen molar-refractivity contribution in [3.8, 4) is 0 Å². The summed E-state index contributed by atoms with van der Waals surface area (Å²) in [5, 5.41) is 3.71. The maximum Gasteiger partial charge on any atom is 0.00670 e. The van der Waals surface area contributed by atoms with Gasteiger partial charge in [-0.05, 0) is 61.8 Å². The molecule has 0 atom stereocenters. The van der Waals surface area contributed by atoms with Gasteiger partial charge in [0, 0.05) is 6.04 Å². The van der Waals surface area contributed by atoms with Crippen molar-refractivity contribution in [1.82, 2.24) is 5.32 Å². The Hall–Kier alpha value is -0.820. The first-order valence-corrected chi connectivity index (χ1v) is 7.99. The van der Waals surface area contributed by atoms with Crippen LogP contribution in [0.2, 0.25) is 0 Å². The van der Waals surface area contributed by atoms with Crippen LogP contribution < -0.4 is 5.32 Å². The van der Waals surface area contributed by atoms with Crippen LogP contribution in [0, 0.1) is 6.92 Å². The van der Waals surface area contributed by atoms with Gasteiger partial charge in [0.05, 0.1) is 0 Å². The number of hydrogen-bond acceptors (Lipinski definition) is 1. The molecule has 2 rings (SSSR count). The maximum atomic E-state index is 3.71. The molecule has 0 spiro atoms. The van der Waals surface area contributed by atoms with Crippen molar-refractivity contribution < 1.29 is 0 Å². The minimum absolute atomic E-state index is 0.635. The van der Waals surface area contributed by atoms with Crippen molar-refractivity contribution in [2.45, 2.75) is 71.3 Å². The zero-order chi connectivity index (χ0) is 13.7. The van der Waals surface area contributed by atoms with Crippen molar-refractivity contribution in [1.29, 1.82) is 0 Å². The van der Waals surface area contributed by atoms with Crippen LogP contribution in [-0.4, -0.2) is 12.6 Å². The second-order valence-electron chi connectivity index (χ2n) is 6.38. The van der Waals surface area contributed by atoms with Crippen molar-refractivity contribution in [3.05, 3.63) is 34.9 Å². The van der Waals surface area contributed by atoms with E-state index in [0.717, 1.165) is 6.04 Å². The van der Waals surface area contributed by atoms with Gasteiger partial charge in [-0.2, -0.15) is 0 Å². The Kier molecular flexibility index (Phi) is 5.45. The number of hydrogen-bond donors (Lipinski definition) is 1. The lowest BCUT2D eigenvalue weighted by atomic mass is 9.95. The molecule has 1 fully saturated rings. The average molecular weight is 259 g/mol. The average Bonchev–Trinajstić information content (AvgIpc) is 2.89. The molecule has 19 heavy (non-hydrogen) atoms. The summed E-state index contributed by atoms with van der Waals surface area (Å²) in [5.41, 5.74) is 4.47. The highest BCUT2D eigenvalue weighted by atomic mass is 14.9. The van der Waals surface area contributed by atoms with Crippen LogP contribution in [0.5, 0.6) is 0 Å². The van der Waals surface area contributed by atoms with E-state index in [-0.39, 0.29) is 0 Å². The summed E-state index contributed by atoms with van der Waals surface area (Å²) in [6.45, 7) is 7.96. The molecule has 1 aliphatic carbocycles. The Morgan fingerprint density at radius 3 is 2.63 bits per heavy atom. The third-order valence-electron chi connectivity index (χ3n) is 4.45. The summed E-state index contributed by atoms with van der Waals surface area (Å²) in [6, 6.07) is 7.79. The van der Waals surface area contributed by atoms with E-state index >= 15 is 0 Å². The third-order valence-corrected chi connectivity index (χ3v) is 4.45. The first-order valence-electron chi connectivity index (χ1n) is 7.99. The smallest absolute Gasteiger partial charge is 0.00670 e. The van der Waals surface area contributed by atoms with Crippen molar-refractivity contribution in [2.75, 3.05) is 6.54 Å². The van der Waals surface area contributed by atoms with Gasteiger partial charge in [0.15, 0.2) is 0 Å². The highest BCUT2D eigenvalue weighted by Gasteiger charge is 2.13. The van der Waals surface area contributed by atoms with Gasteiger partial charge in [-0.25, -0.2) is 0 Å².